The maximum atomic E-state index is 11.1. The van der Waals surface area contributed by atoms with Crippen molar-refractivity contribution < 1.29 is 15.0 Å². The van der Waals surface area contributed by atoms with Gasteiger partial charge in [-0.2, -0.15) is 0 Å². The maximum Gasteiger partial charge on any atom is 0.340 e. The summed E-state index contributed by atoms with van der Waals surface area (Å²) in [5.41, 5.74) is 1.38. The van der Waals surface area contributed by atoms with Gasteiger partial charge in [0.05, 0.1) is 0 Å². The Labute approximate surface area is 112 Å². The van der Waals surface area contributed by atoms with Gasteiger partial charge in [-0.15, -0.1) is 0 Å². The van der Waals surface area contributed by atoms with E-state index in [0.717, 1.165) is 16.7 Å². The van der Waals surface area contributed by atoms with Gasteiger partial charge >= 0.3 is 5.97 Å². The average molecular weight is 256 g/mol. The summed E-state index contributed by atoms with van der Waals surface area (Å²) >= 11 is 0. The van der Waals surface area contributed by atoms with Gasteiger partial charge in [0, 0.05) is 0 Å². The molecule has 0 aliphatic carbocycles. The normalized spacial score (nSPS) is 13.8. The first-order valence-corrected chi connectivity index (χ1v) is 6.05. The summed E-state index contributed by atoms with van der Waals surface area (Å²) in [6, 6.07) is 15.2. The molecule has 0 spiro atoms. The van der Waals surface area contributed by atoms with Crippen LogP contribution in [0.2, 0.25) is 0 Å². The summed E-state index contributed by atoms with van der Waals surface area (Å²) in [5, 5.41) is 19.1. The lowest BCUT2D eigenvalue weighted by Gasteiger charge is -2.21. The van der Waals surface area contributed by atoms with E-state index < -0.39 is 11.6 Å². The Balaban J connectivity index is 2.47. The van der Waals surface area contributed by atoms with Gasteiger partial charge in [-0.05, 0) is 36.1 Å². The number of hydrogen-bond acceptors (Lipinski definition) is 2. The second-order valence-corrected chi connectivity index (χ2v) is 4.77. The van der Waals surface area contributed by atoms with Crippen molar-refractivity contribution in [1.29, 1.82) is 0 Å². The van der Waals surface area contributed by atoms with Crippen molar-refractivity contribution in [3.8, 4) is 11.1 Å². The lowest BCUT2D eigenvalue weighted by Crippen LogP contribution is -2.32. The molecule has 2 aromatic carbocycles. The van der Waals surface area contributed by atoms with Crippen LogP contribution in [0.5, 0.6) is 0 Å². The van der Waals surface area contributed by atoms with Crippen molar-refractivity contribution in [2.24, 2.45) is 0 Å². The molecule has 3 heteroatoms. The molecule has 0 bridgehead atoms. The Morgan fingerprint density at radius 2 is 1.68 bits per heavy atom. The highest BCUT2D eigenvalue weighted by Gasteiger charge is 2.33. The maximum absolute atomic E-state index is 11.1. The fraction of sp³-hybridized carbons (Fsp3) is 0.188. The van der Waals surface area contributed by atoms with Crippen LogP contribution in [0.15, 0.2) is 48.5 Å². The SMILES string of the molecule is Cc1cc(-c2ccccc2)ccc1C(C)(O)C(=O)O. The molecule has 0 aliphatic heterocycles. The number of rotatable bonds is 3. The first-order valence-electron chi connectivity index (χ1n) is 6.05. The van der Waals surface area contributed by atoms with Crippen molar-refractivity contribution in [2.75, 3.05) is 0 Å². The van der Waals surface area contributed by atoms with Gasteiger partial charge in [0.2, 0.25) is 0 Å². The Kier molecular flexibility index (Phi) is 3.40. The molecule has 0 saturated heterocycles. The minimum atomic E-state index is -1.86. The van der Waals surface area contributed by atoms with Gasteiger partial charge < -0.3 is 10.2 Å². The van der Waals surface area contributed by atoms with E-state index in [0.29, 0.717) is 5.56 Å². The number of aliphatic hydroxyl groups is 1. The lowest BCUT2D eigenvalue weighted by molar-refractivity contribution is -0.157. The van der Waals surface area contributed by atoms with E-state index in [-0.39, 0.29) is 0 Å². The van der Waals surface area contributed by atoms with E-state index >= 15 is 0 Å². The second-order valence-electron chi connectivity index (χ2n) is 4.77. The number of aryl methyl sites for hydroxylation is 1. The largest absolute Gasteiger partial charge is 0.479 e. The molecule has 0 saturated carbocycles. The van der Waals surface area contributed by atoms with Crippen molar-refractivity contribution in [3.05, 3.63) is 59.7 Å². The number of carboxylic acid groups (broad SMARTS) is 1. The van der Waals surface area contributed by atoms with Gasteiger partial charge in [-0.3, -0.25) is 0 Å². The highest BCUT2D eigenvalue weighted by Crippen LogP contribution is 2.28. The van der Waals surface area contributed by atoms with Crippen molar-refractivity contribution in [2.45, 2.75) is 19.4 Å². The Hall–Kier alpha value is -2.13. The highest BCUT2D eigenvalue weighted by molar-refractivity contribution is 5.79. The van der Waals surface area contributed by atoms with Crippen LogP contribution in [0.25, 0.3) is 11.1 Å². The second kappa shape index (κ2) is 4.86. The summed E-state index contributed by atoms with van der Waals surface area (Å²) in [6.07, 6.45) is 0. The molecule has 0 aromatic heterocycles. The quantitative estimate of drug-likeness (QED) is 0.887. The summed E-state index contributed by atoms with van der Waals surface area (Å²) < 4.78 is 0. The number of carbonyl (C=O) groups is 1. The van der Waals surface area contributed by atoms with Crippen molar-refractivity contribution in [1.82, 2.24) is 0 Å². The van der Waals surface area contributed by atoms with Crippen LogP contribution in [-0.2, 0) is 10.4 Å². The van der Waals surface area contributed by atoms with Crippen LogP contribution in [-0.4, -0.2) is 16.2 Å². The summed E-state index contributed by atoms with van der Waals surface area (Å²) in [4.78, 5) is 11.1. The van der Waals surface area contributed by atoms with E-state index in [9.17, 15) is 9.90 Å². The van der Waals surface area contributed by atoms with Gasteiger partial charge in [0.15, 0.2) is 5.60 Å². The standard InChI is InChI=1S/C16H16O3/c1-11-10-13(12-6-4-3-5-7-12)8-9-14(11)16(2,19)15(17)18/h3-10,19H,1-2H3,(H,17,18). The molecular formula is C16H16O3. The third-order valence-electron chi connectivity index (χ3n) is 3.27. The monoisotopic (exact) mass is 256 g/mol. The third kappa shape index (κ3) is 2.51. The smallest absolute Gasteiger partial charge is 0.340 e. The molecule has 0 aliphatic rings. The van der Waals surface area contributed by atoms with Crippen LogP contribution in [0.4, 0.5) is 0 Å². The molecular weight excluding hydrogens is 240 g/mol. The van der Waals surface area contributed by atoms with Crippen molar-refractivity contribution in [3.63, 3.8) is 0 Å². The van der Waals surface area contributed by atoms with Crippen LogP contribution < -0.4 is 0 Å². The third-order valence-corrected chi connectivity index (χ3v) is 3.27. The fourth-order valence-electron chi connectivity index (χ4n) is 2.14. The molecule has 0 radical (unpaired) electrons. The highest BCUT2D eigenvalue weighted by atomic mass is 16.4. The molecule has 2 aromatic rings. The molecule has 2 N–H and O–H groups in total. The van der Waals surface area contributed by atoms with Gasteiger partial charge in [-0.25, -0.2) is 4.79 Å². The van der Waals surface area contributed by atoms with Gasteiger partial charge in [-0.1, -0.05) is 48.5 Å². The first kappa shape index (κ1) is 13.3. The van der Waals surface area contributed by atoms with E-state index in [1.165, 1.54) is 6.92 Å². The van der Waals surface area contributed by atoms with Crippen LogP contribution in [0.1, 0.15) is 18.1 Å². The van der Waals surface area contributed by atoms with Crippen LogP contribution in [0, 0.1) is 6.92 Å². The minimum Gasteiger partial charge on any atom is -0.479 e. The van der Waals surface area contributed by atoms with E-state index in [2.05, 4.69) is 0 Å². The molecule has 0 amide bonds. The van der Waals surface area contributed by atoms with Crippen LogP contribution >= 0.6 is 0 Å². The van der Waals surface area contributed by atoms with E-state index in [1.54, 1.807) is 13.0 Å². The molecule has 0 fully saturated rings. The predicted molar refractivity (Wildman–Crippen MR) is 73.8 cm³/mol. The predicted octanol–water partition coefficient (Wildman–Crippen LogP) is 2.95. The Morgan fingerprint density at radius 3 is 2.21 bits per heavy atom. The number of hydrogen-bond donors (Lipinski definition) is 2. The summed E-state index contributed by atoms with van der Waals surface area (Å²) in [5.74, 6) is -1.25. The Bertz CT molecular complexity index is 601. The number of benzene rings is 2. The summed E-state index contributed by atoms with van der Waals surface area (Å²) in [7, 11) is 0. The molecule has 1 unspecified atom stereocenters. The van der Waals surface area contributed by atoms with Gasteiger partial charge in [0.25, 0.3) is 0 Å². The number of aliphatic carboxylic acids is 1. The minimum absolute atomic E-state index is 0.416. The van der Waals surface area contributed by atoms with Crippen LogP contribution in [0.3, 0.4) is 0 Å². The number of carboxylic acids is 1. The molecule has 3 nitrogen and oxygen atoms in total. The lowest BCUT2D eigenvalue weighted by atomic mass is 9.90. The molecule has 1 atom stereocenters. The molecule has 2 rings (SSSR count). The summed E-state index contributed by atoms with van der Waals surface area (Å²) in [6.45, 7) is 3.10. The molecule has 98 valence electrons. The average Bonchev–Trinajstić information content (AvgIpc) is 2.39. The zero-order valence-corrected chi connectivity index (χ0v) is 10.9. The topological polar surface area (TPSA) is 57.5 Å². The zero-order chi connectivity index (χ0) is 14.0. The molecule has 19 heavy (non-hydrogen) atoms. The Morgan fingerprint density at radius 1 is 1.05 bits per heavy atom. The van der Waals surface area contributed by atoms with E-state index in [1.807, 2.05) is 42.5 Å². The van der Waals surface area contributed by atoms with Crippen molar-refractivity contribution >= 4 is 5.97 Å². The fourth-order valence-corrected chi connectivity index (χ4v) is 2.14. The van der Waals surface area contributed by atoms with E-state index in [4.69, 9.17) is 5.11 Å². The first-order chi connectivity index (χ1) is 8.93. The molecule has 0 heterocycles. The zero-order valence-electron chi connectivity index (χ0n) is 10.9. The van der Waals surface area contributed by atoms with Gasteiger partial charge in [0.1, 0.15) is 0 Å².